The number of hydrogen-bond donors (Lipinski definition) is 1. The van der Waals surface area contributed by atoms with Crippen LogP contribution in [0.3, 0.4) is 0 Å². The first-order chi connectivity index (χ1) is 10.4. The zero-order valence-corrected chi connectivity index (χ0v) is 14.3. The fourth-order valence-corrected chi connectivity index (χ4v) is 2.76. The Bertz CT molecular complexity index is 455. The summed E-state index contributed by atoms with van der Waals surface area (Å²) < 4.78 is 5.28. The van der Waals surface area contributed by atoms with E-state index in [1.54, 1.807) is 0 Å². The van der Waals surface area contributed by atoms with Crippen molar-refractivity contribution < 1.29 is 9.53 Å². The number of rotatable bonds is 4. The summed E-state index contributed by atoms with van der Waals surface area (Å²) in [7, 11) is 0. The number of likely N-dealkylation sites (N-methyl/N-ethyl adjacent to an activating group) is 1. The van der Waals surface area contributed by atoms with Crippen molar-refractivity contribution in [2.24, 2.45) is 0 Å². The highest BCUT2D eigenvalue weighted by atomic mass is 16.6. The Hall–Kier alpha value is -1.33. The summed E-state index contributed by atoms with van der Waals surface area (Å²) in [6, 6.07) is 0. The van der Waals surface area contributed by atoms with Gasteiger partial charge in [-0.05, 0) is 33.4 Å². The fraction of sp³-hybridized carbons (Fsp3) is 0.706. The van der Waals surface area contributed by atoms with Gasteiger partial charge in [0.15, 0.2) is 0 Å². The molecule has 0 aromatic carbocycles. The van der Waals surface area contributed by atoms with Gasteiger partial charge in [-0.3, -0.25) is 10.2 Å². The normalized spacial score (nSPS) is 20.5. The number of alkyl carbamates (subject to hydrolysis) is 1. The van der Waals surface area contributed by atoms with Gasteiger partial charge in [0.1, 0.15) is 5.60 Å². The quantitative estimate of drug-likeness (QED) is 0.866. The summed E-state index contributed by atoms with van der Waals surface area (Å²) in [4.78, 5) is 16.7. The van der Waals surface area contributed by atoms with E-state index in [1.807, 2.05) is 26.8 Å². The summed E-state index contributed by atoms with van der Waals surface area (Å²) >= 11 is 0. The number of hydrogen-bond acceptors (Lipinski definition) is 4. The van der Waals surface area contributed by atoms with Crippen molar-refractivity contribution in [3.05, 3.63) is 23.4 Å². The Morgan fingerprint density at radius 1 is 1.18 bits per heavy atom. The number of piperazine rings is 1. The van der Waals surface area contributed by atoms with Gasteiger partial charge in [0, 0.05) is 44.8 Å². The Labute approximate surface area is 134 Å². The van der Waals surface area contributed by atoms with Gasteiger partial charge in [-0.2, -0.15) is 0 Å². The molecule has 0 radical (unpaired) electrons. The Kier molecular flexibility index (Phi) is 5.64. The van der Waals surface area contributed by atoms with Gasteiger partial charge in [-0.1, -0.05) is 18.6 Å². The van der Waals surface area contributed by atoms with E-state index in [2.05, 4.69) is 28.1 Å². The van der Waals surface area contributed by atoms with Crippen molar-refractivity contribution in [2.75, 3.05) is 39.3 Å². The minimum absolute atomic E-state index is 0.370. The zero-order valence-electron chi connectivity index (χ0n) is 14.3. The Balaban J connectivity index is 1.70. The highest BCUT2D eigenvalue weighted by molar-refractivity contribution is 5.70. The molecule has 124 valence electrons. The molecule has 0 saturated carbocycles. The maximum absolute atomic E-state index is 11.8. The number of amides is 1. The average Bonchev–Trinajstić information content (AvgIpc) is 2.84. The number of ether oxygens (including phenoxy) is 1. The van der Waals surface area contributed by atoms with Crippen molar-refractivity contribution in [1.82, 2.24) is 15.1 Å². The molecule has 1 saturated heterocycles. The first kappa shape index (κ1) is 17.0. The number of nitrogens with zero attached hydrogens (tertiary/aromatic N) is 2. The molecule has 0 unspecified atom stereocenters. The largest absolute Gasteiger partial charge is 0.444 e. The molecular formula is C17H29N3O2. The topological polar surface area (TPSA) is 44.8 Å². The molecule has 1 amide bonds. The van der Waals surface area contributed by atoms with E-state index in [1.165, 1.54) is 5.57 Å². The van der Waals surface area contributed by atoms with Crippen molar-refractivity contribution in [3.63, 3.8) is 0 Å². The van der Waals surface area contributed by atoms with Crippen LogP contribution in [-0.2, 0) is 4.74 Å². The van der Waals surface area contributed by atoms with E-state index >= 15 is 0 Å². The molecule has 0 aromatic rings. The van der Waals surface area contributed by atoms with Gasteiger partial charge >= 0.3 is 6.09 Å². The lowest BCUT2D eigenvalue weighted by Crippen LogP contribution is -2.46. The maximum atomic E-state index is 11.8. The predicted octanol–water partition coefficient (Wildman–Crippen LogP) is 2.36. The van der Waals surface area contributed by atoms with Crippen LogP contribution in [-0.4, -0.2) is 60.8 Å². The lowest BCUT2D eigenvalue weighted by molar-refractivity contribution is 0.0545. The second kappa shape index (κ2) is 7.29. The van der Waals surface area contributed by atoms with Gasteiger partial charge in [0.25, 0.3) is 0 Å². The summed E-state index contributed by atoms with van der Waals surface area (Å²) in [6.07, 6.45) is 4.55. The first-order valence-corrected chi connectivity index (χ1v) is 8.19. The fourth-order valence-electron chi connectivity index (χ4n) is 2.76. The summed E-state index contributed by atoms with van der Waals surface area (Å²) in [6.45, 7) is 14.5. The summed E-state index contributed by atoms with van der Waals surface area (Å²) in [5, 5.41) is 2.84. The monoisotopic (exact) mass is 307 g/mol. The molecule has 0 bridgehead atoms. The maximum Gasteiger partial charge on any atom is 0.411 e. The van der Waals surface area contributed by atoms with Crippen molar-refractivity contribution >= 4 is 6.09 Å². The third-order valence-electron chi connectivity index (χ3n) is 3.94. The molecule has 2 rings (SSSR count). The summed E-state index contributed by atoms with van der Waals surface area (Å²) in [5.74, 6) is 0. The van der Waals surface area contributed by atoms with Crippen LogP contribution < -0.4 is 5.32 Å². The molecule has 1 N–H and O–H groups in total. The molecule has 22 heavy (non-hydrogen) atoms. The first-order valence-electron chi connectivity index (χ1n) is 8.19. The minimum Gasteiger partial charge on any atom is -0.444 e. The molecule has 1 fully saturated rings. The van der Waals surface area contributed by atoms with Crippen molar-refractivity contribution in [1.29, 1.82) is 0 Å². The van der Waals surface area contributed by atoms with Crippen LogP contribution in [0.25, 0.3) is 0 Å². The van der Waals surface area contributed by atoms with E-state index in [0.29, 0.717) is 0 Å². The van der Waals surface area contributed by atoms with Crippen LogP contribution in [0, 0.1) is 0 Å². The van der Waals surface area contributed by atoms with Gasteiger partial charge in [-0.25, -0.2) is 4.79 Å². The Morgan fingerprint density at radius 2 is 1.82 bits per heavy atom. The number of carbonyl (C=O) groups is 1. The van der Waals surface area contributed by atoms with Gasteiger partial charge in [-0.15, -0.1) is 0 Å². The molecular weight excluding hydrogens is 278 g/mol. The standard InChI is InChI=1S/C17H29N3O2/c1-5-19-8-10-20(11-9-19)13-14-6-7-15(12-14)18-16(21)22-17(2,3)4/h6-7H,5,8-13H2,1-4H3,(H,18,21). The second-order valence-electron chi connectivity index (χ2n) is 7.03. The molecule has 2 aliphatic rings. The zero-order chi connectivity index (χ0) is 16.2. The molecule has 0 spiro atoms. The summed E-state index contributed by atoms with van der Waals surface area (Å²) in [5.41, 5.74) is 1.82. The molecule has 5 heteroatoms. The highest BCUT2D eigenvalue weighted by Gasteiger charge is 2.20. The number of carbonyl (C=O) groups excluding carboxylic acids is 1. The Morgan fingerprint density at radius 3 is 2.41 bits per heavy atom. The predicted molar refractivity (Wildman–Crippen MR) is 88.7 cm³/mol. The van der Waals surface area contributed by atoms with Crippen molar-refractivity contribution in [2.45, 2.75) is 39.7 Å². The molecule has 0 atom stereocenters. The number of allylic oxidation sites excluding steroid dienone is 3. The van der Waals surface area contributed by atoms with Crippen LogP contribution in [0.2, 0.25) is 0 Å². The lowest BCUT2D eigenvalue weighted by Gasteiger charge is -2.34. The van der Waals surface area contributed by atoms with E-state index in [4.69, 9.17) is 4.74 Å². The molecule has 0 aromatic heterocycles. The van der Waals surface area contributed by atoms with Gasteiger partial charge < -0.3 is 9.64 Å². The third kappa shape index (κ3) is 5.46. The molecule has 5 nitrogen and oxygen atoms in total. The van der Waals surface area contributed by atoms with E-state index < -0.39 is 5.60 Å². The van der Waals surface area contributed by atoms with E-state index in [-0.39, 0.29) is 6.09 Å². The minimum atomic E-state index is -0.460. The molecule has 1 aliphatic carbocycles. The third-order valence-corrected chi connectivity index (χ3v) is 3.94. The molecule has 1 heterocycles. The molecule has 1 aliphatic heterocycles. The highest BCUT2D eigenvalue weighted by Crippen LogP contribution is 2.19. The van der Waals surface area contributed by atoms with Crippen molar-refractivity contribution in [3.8, 4) is 0 Å². The average molecular weight is 307 g/mol. The SMILES string of the molecule is CCN1CCN(CC2=CC=C(NC(=O)OC(C)(C)C)C2)CC1. The van der Waals surface area contributed by atoms with Gasteiger partial charge in [0.05, 0.1) is 0 Å². The van der Waals surface area contributed by atoms with E-state index in [0.717, 1.165) is 51.4 Å². The second-order valence-corrected chi connectivity index (χ2v) is 7.03. The van der Waals surface area contributed by atoms with E-state index in [9.17, 15) is 4.79 Å². The van der Waals surface area contributed by atoms with Gasteiger partial charge in [0.2, 0.25) is 0 Å². The van der Waals surface area contributed by atoms with Crippen LogP contribution >= 0.6 is 0 Å². The van der Waals surface area contributed by atoms with Crippen LogP contribution in [0.5, 0.6) is 0 Å². The smallest absolute Gasteiger partial charge is 0.411 e. The lowest BCUT2D eigenvalue weighted by atomic mass is 10.2. The van der Waals surface area contributed by atoms with Crippen LogP contribution in [0.4, 0.5) is 4.79 Å². The van der Waals surface area contributed by atoms with Crippen LogP contribution in [0.1, 0.15) is 34.1 Å². The van der Waals surface area contributed by atoms with Crippen LogP contribution in [0.15, 0.2) is 23.4 Å². The number of nitrogens with one attached hydrogen (secondary N) is 1.